The average molecular weight is 248 g/mol. The minimum absolute atomic E-state index is 0.0242. The van der Waals surface area contributed by atoms with Crippen LogP contribution in [0.15, 0.2) is 0 Å². The molecule has 0 aliphatic carbocycles. The Balaban J connectivity index is 2.66. The Bertz CT molecular complexity index is 381. The van der Waals surface area contributed by atoms with E-state index in [2.05, 4.69) is 4.74 Å². The van der Waals surface area contributed by atoms with Gasteiger partial charge in [0, 0.05) is 5.41 Å². The summed E-state index contributed by atoms with van der Waals surface area (Å²) < 4.78 is 26.9. The largest absolute Gasteiger partial charge is 0.469 e. The van der Waals surface area contributed by atoms with Crippen LogP contribution in [0.2, 0.25) is 0 Å². The van der Waals surface area contributed by atoms with Crippen molar-refractivity contribution in [2.24, 2.45) is 5.41 Å². The van der Waals surface area contributed by atoms with E-state index >= 15 is 0 Å². The van der Waals surface area contributed by atoms with Gasteiger partial charge in [-0.2, -0.15) is 0 Å². The fourth-order valence-corrected chi connectivity index (χ4v) is 3.41. The normalized spacial score (nSPS) is 22.4. The number of rotatable bonds is 3. The Kier molecular flexibility index (Phi) is 3.72. The highest BCUT2D eigenvalue weighted by atomic mass is 32.2. The maximum Gasteiger partial charge on any atom is 0.313 e. The molecule has 0 radical (unpaired) electrons. The predicted molar refractivity (Wildman–Crippen MR) is 57.6 cm³/mol. The minimum atomic E-state index is -2.99. The van der Waals surface area contributed by atoms with Crippen LogP contribution in [-0.4, -0.2) is 38.8 Å². The van der Waals surface area contributed by atoms with Crippen LogP contribution in [0.5, 0.6) is 0 Å². The first-order valence-corrected chi connectivity index (χ1v) is 6.92. The first-order valence-electron chi connectivity index (χ1n) is 5.10. The lowest BCUT2D eigenvalue weighted by Crippen LogP contribution is -2.38. The summed E-state index contributed by atoms with van der Waals surface area (Å²) in [5.74, 6) is -0.749. The lowest BCUT2D eigenvalue weighted by atomic mass is 9.79. The van der Waals surface area contributed by atoms with Gasteiger partial charge in [-0.05, 0) is 12.8 Å². The van der Waals surface area contributed by atoms with Crippen LogP contribution in [0.1, 0.15) is 26.2 Å². The molecule has 6 heteroatoms. The standard InChI is InChI=1S/C10H16O5S/c1-10(8(11)7-9(12)15-2)3-5-16(13,14)6-4-10/h3-7H2,1-2H3. The third-order valence-corrected chi connectivity index (χ3v) is 4.79. The van der Waals surface area contributed by atoms with Crippen LogP contribution in [0.4, 0.5) is 0 Å². The number of hydrogen-bond acceptors (Lipinski definition) is 5. The van der Waals surface area contributed by atoms with Gasteiger partial charge in [0.2, 0.25) is 0 Å². The number of Topliss-reactive ketones (excluding diaryl/α,β-unsaturated/α-hetero) is 1. The summed E-state index contributed by atoms with van der Waals surface area (Å²) in [6.45, 7) is 1.72. The predicted octanol–water partition coefficient (Wildman–Crippen LogP) is 0.333. The van der Waals surface area contributed by atoms with Crippen molar-refractivity contribution in [2.45, 2.75) is 26.2 Å². The van der Waals surface area contributed by atoms with Crippen molar-refractivity contribution in [2.75, 3.05) is 18.6 Å². The SMILES string of the molecule is COC(=O)CC(=O)C1(C)CCS(=O)(=O)CC1. The summed E-state index contributed by atoms with van der Waals surface area (Å²) in [7, 11) is -1.76. The van der Waals surface area contributed by atoms with E-state index < -0.39 is 21.2 Å². The van der Waals surface area contributed by atoms with Crippen LogP contribution in [0, 0.1) is 5.41 Å². The summed E-state index contributed by atoms with van der Waals surface area (Å²) in [6, 6.07) is 0. The van der Waals surface area contributed by atoms with Crippen LogP contribution >= 0.6 is 0 Å². The van der Waals surface area contributed by atoms with E-state index in [4.69, 9.17) is 0 Å². The smallest absolute Gasteiger partial charge is 0.313 e. The summed E-state index contributed by atoms with van der Waals surface area (Å²) in [4.78, 5) is 22.8. The average Bonchev–Trinajstić information content (AvgIpc) is 2.22. The maximum absolute atomic E-state index is 11.8. The lowest BCUT2D eigenvalue weighted by Gasteiger charge is -2.31. The highest BCUT2D eigenvalue weighted by molar-refractivity contribution is 7.91. The summed E-state index contributed by atoms with van der Waals surface area (Å²) >= 11 is 0. The molecule has 0 aromatic heterocycles. The number of carbonyl (C=O) groups is 2. The van der Waals surface area contributed by atoms with Crippen LogP contribution in [0.3, 0.4) is 0 Å². The summed E-state index contributed by atoms with van der Waals surface area (Å²) in [5, 5.41) is 0. The molecular formula is C10H16O5S. The molecule has 92 valence electrons. The van der Waals surface area contributed by atoms with Gasteiger partial charge >= 0.3 is 5.97 Å². The molecule has 0 aromatic carbocycles. The second-order valence-electron chi connectivity index (χ2n) is 4.39. The minimum Gasteiger partial charge on any atom is -0.469 e. The molecule has 0 N–H and O–H groups in total. The molecule has 1 rings (SSSR count). The highest BCUT2D eigenvalue weighted by Gasteiger charge is 2.39. The Hall–Kier alpha value is -0.910. The molecule has 0 spiro atoms. The number of hydrogen-bond donors (Lipinski definition) is 0. The van der Waals surface area contributed by atoms with Gasteiger partial charge in [0.25, 0.3) is 0 Å². The monoisotopic (exact) mass is 248 g/mol. The molecule has 1 aliphatic heterocycles. The topological polar surface area (TPSA) is 77.5 Å². The van der Waals surface area contributed by atoms with Crippen molar-refractivity contribution in [3.63, 3.8) is 0 Å². The Morgan fingerprint density at radius 3 is 2.19 bits per heavy atom. The molecule has 0 saturated carbocycles. The number of methoxy groups -OCH3 is 1. The van der Waals surface area contributed by atoms with E-state index in [0.29, 0.717) is 12.8 Å². The molecular weight excluding hydrogens is 232 g/mol. The first kappa shape index (κ1) is 13.2. The molecule has 1 heterocycles. The molecule has 5 nitrogen and oxygen atoms in total. The van der Waals surface area contributed by atoms with E-state index in [-0.39, 0.29) is 23.7 Å². The molecule has 0 amide bonds. The molecule has 1 fully saturated rings. The van der Waals surface area contributed by atoms with E-state index in [1.54, 1.807) is 6.92 Å². The van der Waals surface area contributed by atoms with Gasteiger partial charge < -0.3 is 4.74 Å². The zero-order chi connectivity index (χ0) is 12.4. The molecule has 1 aliphatic rings. The van der Waals surface area contributed by atoms with Gasteiger partial charge in [0.15, 0.2) is 0 Å². The molecule has 0 atom stereocenters. The Labute approximate surface area is 95.1 Å². The van der Waals surface area contributed by atoms with Crippen molar-refractivity contribution in [1.29, 1.82) is 0 Å². The third kappa shape index (κ3) is 3.04. The number of ketones is 1. The second kappa shape index (κ2) is 4.53. The van der Waals surface area contributed by atoms with Gasteiger partial charge in [-0.3, -0.25) is 9.59 Å². The second-order valence-corrected chi connectivity index (χ2v) is 6.69. The number of esters is 1. The van der Waals surface area contributed by atoms with Gasteiger partial charge in [-0.1, -0.05) is 6.92 Å². The van der Waals surface area contributed by atoms with Crippen molar-refractivity contribution in [3.05, 3.63) is 0 Å². The highest BCUT2D eigenvalue weighted by Crippen LogP contribution is 2.33. The fraction of sp³-hybridized carbons (Fsp3) is 0.800. The van der Waals surface area contributed by atoms with E-state index in [1.807, 2.05) is 0 Å². The quantitative estimate of drug-likeness (QED) is 0.531. The summed E-state index contributed by atoms with van der Waals surface area (Å²) in [6.07, 6.45) is 0.323. The molecule has 0 aromatic rings. The van der Waals surface area contributed by atoms with Crippen LogP contribution in [0.25, 0.3) is 0 Å². The summed E-state index contributed by atoms with van der Waals surface area (Å²) in [5.41, 5.74) is -0.695. The zero-order valence-electron chi connectivity index (χ0n) is 9.49. The Morgan fingerprint density at radius 2 is 1.75 bits per heavy atom. The number of sulfone groups is 1. The van der Waals surface area contributed by atoms with Crippen LogP contribution in [-0.2, 0) is 24.2 Å². The van der Waals surface area contributed by atoms with Gasteiger partial charge in [-0.25, -0.2) is 8.42 Å². The van der Waals surface area contributed by atoms with Crippen LogP contribution < -0.4 is 0 Å². The lowest BCUT2D eigenvalue weighted by molar-refractivity contribution is -0.145. The molecule has 0 bridgehead atoms. The van der Waals surface area contributed by atoms with Crippen molar-refractivity contribution in [1.82, 2.24) is 0 Å². The van der Waals surface area contributed by atoms with Crippen molar-refractivity contribution in [3.8, 4) is 0 Å². The third-order valence-electron chi connectivity index (χ3n) is 3.14. The van der Waals surface area contributed by atoms with Gasteiger partial charge in [0.1, 0.15) is 22.0 Å². The molecule has 16 heavy (non-hydrogen) atoms. The van der Waals surface area contributed by atoms with E-state index in [1.165, 1.54) is 7.11 Å². The molecule has 1 saturated heterocycles. The van der Waals surface area contributed by atoms with E-state index in [0.717, 1.165) is 0 Å². The Morgan fingerprint density at radius 1 is 1.25 bits per heavy atom. The number of ether oxygens (including phenoxy) is 1. The van der Waals surface area contributed by atoms with Crippen molar-refractivity contribution < 1.29 is 22.7 Å². The number of carbonyl (C=O) groups excluding carboxylic acids is 2. The molecule has 0 unspecified atom stereocenters. The van der Waals surface area contributed by atoms with E-state index in [9.17, 15) is 18.0 Å². The maximum atomic E-state index is 11.8. The van der Waals surface area contributed by atoms with Gasteiger partial charge in [-0.15, -0.1) is 0 Å². The van der Waals surface area contributed by atoms with Crippen molar-refractivity contribution >= 4 is 21.6 Å². The van der Waals surface area contributed by atoms with Gasteiger partial charge in [0.05, 0.1) is 18.6 Å². The first-order chi connectivity index (χ1) is 7.29. The fourth-order valence-electron chi connectivity index (χ4n) is 1.68. The zero-order valence-corrected chi connectivity index (χ0v) is 10.3.